The molecule has 0 aromatic carbocycles. The highest BCUT2D eigenvalue weighted by atomic mass is 35.5. The van der Waals surface area contributed by atoms with Crippen LogP contribution >= 0.6 is 11.6 Å². The highest BCUT2D eigenvalue weighted by Gasteiger charge is 2.14. The van der Waals surface area contributed by atoms with E-state index in [-0.39, 0.29) is 10.9 Å². The fraction of sp³-hybridized carbons (Fsp3) is 0.167. The Morgan fingerprint density at radius 3 is 2.61 bits per heavy atom. The van der Waals surface area contributed by atoms with Crippen molar-refractivity contribution in [2.75, 3.05) is 0 Å². The molecule has 1 unspecified atom stereocenters. The minimum absolute atomic E-state index is 0.147. The Morgan fingerprint density at radius 1 is 1.17 bits per heavy atom. The summed E-state index contributed by atoms with van der Waals surface area (Å²) in [7, 11) is 0. The molecule has 94 valence electrons. The van der Waals surface area contributed by atoms with Gasteiger partial charge in [-0.3, -0.25) is 4.98 Å². The second kappa shape index (κ2) is 5.27. The Morgan fingerprint density at radius 2 is 1.89 bits per heavy atom. The van der Waals surface area contributed by atoms with Crippen LogP contribution in [0, 0.1) is 11.6 Å². The lowest BCUT2D eigenvalue weighted by Gasteiger charge is -2.15. The molecule has 2 heterocycles. The zero-order valence-corrected chi connectivity index (χ0v) is 10.2. The van der Waals surface area contributed by atoms with Gasteiger partial charge in [-0.15, -0.1) is 0 Å². The van der Waals surface area contributed by atoms with E-state index < -0.39 is 17.7 Å². The van der Waals surface area contributed by atoms with Gasteiger partial charge in [-0.25, -0.2) is 13.8 Å². The van der Waals surface area contributed by atoms with Crippen molar-refractivity contribution in [3.63, 3.8) is 0 Å². The summed E-state index contributed by atoms with van der Waals surface area (Å²) in [5.41, 5.74) is 0.390. The molecular weight excluding hydrogens is 262 g/mol. The first kappa shape index (κ1) is 12.7. The molecule has 0 bridgehead atoms. The van der Waals surface area contributed by atoms with Gasteiger partial charge in [0.2, 0.25) is 0 Å². The molecule has 0 amide bonds. The average molecular weight is 271 g/mol. The third-order valence-corrected chi connectivity index (χ3v) is 2.58. The summed E-state index contributed by atoms with van der Waals surface area (Å²) >= 11 is 5.84. The number of rotatable bonds is 3. The number of nitrogens with zero attached hydrogens (tertiary/aromatic N) is 2. The van der Waals surface area contributed by atoms with E-state index in [4.69, 9.17) is 16.3 Å². The smallest absolute Gasteiger partial charge is 0.145 e. The van der Waals surface area contributed by atoms with Gasteiger partial charge in [-0.05, 0) is 13.0 Å². The molecule has 18 heavy (non-hydrogen) atoms. The molecule has 0 saturated heterocycles. The van der Waals surface area contributed by atoms with Crippen LogP contribution in [0.4, 0.5) is 8.78 Å². The monoisotopic (exact) mass is 270 g/mol. The van der Waals surface area contributed by atoms with Crippen molar-refractivity contribution < 1.29 is 13.5 Å². The molecule has 0 fully saturated rings. The number of halogens is 3. The van der Waals surface area contributed by atoms with Crippen molar-refractivity contribution in [2.24, 2.45) is 0 Å². The summed E-state index contributed by atoms with van der Waals surface area (Å²) in [5, 5.41) is 0.147. The highest BCUT2D eigenvalue weighted by molar-refractivity contribution is 6.30. The number of hydrogen-bond donors (Lipinski definition) is 0. The SMILES string of the molecule is CC(Oc1cncc(F)c1)c1cc(F)cnc1Cl. The van der Waals surface area contributed by atoms with Gasteiger partial charge < -0.3 is 4.74 Å². The number of hydrogen-bond acceptors (Lipinski definition) is 3. The molecule has 2 rings (SSSR count). The van der Waals surface area contributed by atoms with Gasteiger partial charge in [0.15, 0.2) is 0 Å². The Balaban J connectivity index is 2.21. The van der Waals surface area contributed by atoms with E-state index in [0.717, 1.165) is 12.4 Å². The Hall–Kier alpha value is -1.75. The zero-order valence-electron chi connectivity index (χ0n) is 9.40. The van der Waals surface area contributed by atoms with Crippen molar-refractivity contribution in [1.29, 1.82) is 0 Å². The molecule has 0 spiro atoms. The molecule has 0 saturated carbocycles. The van der Waals surface area contributed by atoms with Crippen molar-refractivity contribution in [3.05, 3.63) is 53.1 Å². The molecule has 0 radical (unpaired) electrons. The molecule has 1 atom stereocenters. The standard InChI is InChI=1S/C12H9ClF2N2O/c1-7(11-3-9(15)5-17-12(11)13)18-10-2-8(14)4-16-6-10/h2-7H,1H3. The third kappa shape index (κ3) is 2.92. The zero-order chi connectivity index (χ0) is 13.1. The number of aromatic nitrogens is 2. The predicted octanol–water partition coefficient (Wildman–Crippen LogP) is 3.55. The minimum atomic E-state index is -0.565. The van der Waals surface area contributed by atoms with Gasteiger partial charge >= 0.3 is 0 Å². The summed E-state index contributed by atoms with van der Waals surface area (Å²) in [6.07, 6.45) is 2.88. The predicted molar refractivity (Wildman–Crippen MR) is 62.4 cm³/mol. The fourth-order valence-corrected chi connectivity index (χ4v) is 1.70. The van der Waals surface area contributed by atoms with E-state index >= 15 is 0 Å². The molecule has 0 aliphatic rings. The lowest BCUT2D eigenvalue weighted by Crippen LogP contribution is -2.05. The van der Waals surface area contributed by atoms with Crippen LogP contribution in [0.5, 0.6) is 5.75 Å². The number of pyridine rings is 2. The Bertz CT molecular complexity index is 566. The third-order valence-electron chi connectivity index (χ3n) is 2.26. The van der Waals surface area contributed by atoms with Crippen LogP contribution in [-0.4, -0.2) is 9.97 Å². The Labute approximate surface area is 107 Å². The van der Waals surface area contributed by atoms with Crippen molar-refractivity contribution in [1.82, 2.24) is 9.97 Å². The molecular formula is C12H9ClF2N2O. The molecule has 2 aromatic rings. The van der Waals surface area contributed by atoms with E-state index in [9.17, 15) is 8.78 Å². The molecule has 2 aromatic heterocycles. The summed E-state index contributed by atoms with van der Waals surface area (Å²) in [5.74, 6) is -0.784. The van der Waals surface area contributed by atoms with Crippen molar-refractivity contribution in [3.8, 4) is 5.75 Å². The average Bonchev–Trinajstić information content (AvgIpc) is 2.32. The van der Waals surface area contributed by atoms with Gasteiger partial charge in [0, 0.05) is 11.6 Å². The largest absolute Gasteiger partial charge is 0.484 e. The summed E-state index contributed by atoms with van der Waals surface area (Å²) in [4.78, 5) is 7.33. The second-order valence-electron chi connectivity index (χ2n) is 3.63. The van der Waals surface area contributed by atoms with Crippen LogP contribution in [0.15, 0.2) is 30.7 Å². The molecule has 6 heteroatoms. The molecule has 0 N–H and O–H groups in total. The maximum atomic E-state index is 13.1. The van der Waals surface area contributed by atoms with Crippen LogP contribution in [0.25, 0.3) is 0 Å². The summed E-state index contributed by atoms with van der Waals surface area (Å²) < 4.78 is 31.4. The maximum absolute atomic E-state index is 13.1. The fourth-order valence-electron chi connectivity index (χ4n) is 1.45. The Kier molecular flexibility index (Phi) is 3.72. The molecule has 0 aliphatic carbocycles. The topological polar surface area (TPSA) is 35.0 Å². The van der Waals surface area contributed by atoms with Crippen molar-refractivity contribution >= 4 is 11.6 Å². The minimum Gasteiger partial charge on any atom is -0.484 e. The molecule has 0 aliphatic heterocycles. The van der Waals surface area contributed by atoms with Crippen LogP contribution in [-0.2, 0) is 0 Å². The van der Waals surface area contributed by atoms with Crippen LogP contribution in [0.1, 0.15) is 18.6 Å². The van der Waals surface area contributed by atoms with Gasteiger partial charge in [-0.2, -0.15) is 0 Å². The van der Waals surface area contributed by atoms with E-state index in [1.54, 1.807) is 6.92 Å². The van der Waals surface area contributed by atoms with E-state index in [1.165, 1.54) is 18.3 Å². The summed E-state index contributed by atoms with van der Waals surface area (Å²) in [6.45, 7) is 1.66. The highest BCUT2D eigenvalue weighted by Crippen LogP contribution is 2.26. The first-order valence-electron chi connectivity index (χ1n) is 5.14. The van der Waals surface area contributed by atoms with Crippen LogP contribution in [0.2, 0.25) is 5.15 Å². The summed E-state index contributed by atoms with van der Waals surface area (Å²) in [6, 6.07) is 2.41. The normalized spacial score (nSPS) is 12.2. The van der Waals surface area contributed by atoms with Crippen LogP contribution < -0.4 is 4.74 Å². The lowest BCUT2D eigenvalue weighted by atomic mass is 10.2. The van der Waals surface area contributed by atoms with Gasteiger partial charge in [0.1, 0.15) is 28.6 Å². The van der Waals surface area contributed by atoms with Crippen molar-refractivity contribution in [2.45, 2.75) is 13.0 Å². The van der Waals surface area contributed by atoms with E-state index in [0.29, 0.717) is 5.56 Å². The molecule has 3 nitrogen and oxygen atoms in total. The number of ether oxygens (including phenoxy) is 1. The van der Waals surface area contributed by atoms with Crippen LogP contribution in [0.3, 0.4) is 0 Å². The van der Waals surface area contributed by atoms with Gasteiger partial charge in [0.05, 0.1) is 18.6 Å². The van der Waals surface area contributed by atoms with Gasteiger partial charge in [0.25, 0.3) is 0 Å². The first-order chi connectivity index (χ1) is 8.56. The van der Waals surface area contributed by atoms with E-state index in [1.807, 2.05) is 0 Å². The van der Waals surface area contributed by atoms with Gasteiger partial charge in [-0.1, -0.05) is 11.6 Å². The van der Waals surface area contributed by atoms with E-state index in [2.05, 4.69) is 9.97 Å². The quantitative estimate of drug-likeness (QED) is 0.800. The first-order valence-corrected chi connectivity index (χ1v) is 5.52. The maximum Gasteiger partial charge on any atom is 0.145 e. The lowest BCUT2D eigenvalue weighted by molar-refractivity contribution is 0.224. The second-order valence-corrected chi connectivity index (χ2v) is 3.99.